The van der Waals surface area contributed by atoms with Gasteiger partial charge in [0.05, 0.1) is 7.11 Å². The quantitative estimate of drug-likeness (QED) is 0.625. The van der Waals surface area contributed by atoms with E-state index < -0.39 is 11.8 Å². The molecule has 2 aromatic rings. The summed E-state index contributed by atoms with van der Waals surface area (Å²) in [5.41, 5.74) is 6.37. The molecule has 0 heterocycles. The molecule has 130 valence electrons. The van der Waals surface area contributed by atoms with Crippen LogP contribution in [-0.2, 0) is 9.59 Å². The zero-order valence-electron chi connectivity index (χ0n) is 14.1. The van der Waals surface area contributed by atoms with Crippen LogP contribution in [0.5, 0.6) is 11.5 Å². The minimum atomic E-state index is -0.463. The van der Waals surface area contributed by atoms with Gasteiger partial charge in [-0.2, -0.15) is 0 Å². The Labute approximate surface area is 146 Å². The van der Waals surface area contributed by atoms with Gasteiger partial charge in [0, 0.05) is 11.6 Å². The highest BCUT2D eigenvalue weighted by Crippen LogP contribution is 2.18. The summed E-state index contributed by atoms with van der Waals surface area (Å²) >= 11 is 0. The number of carbonyl (C=O) groups excluding carboxylic acids is 2. The molecule has 6 nitrogen and oxygen atoms in total. The van der Waals surface area contributed by atoms with Gasteiger partial charge < -0.3 is 9.47 Å². The van der Waals surface area contributed by atoms with Crippen LogP contribution in [0.1, 0.15) is 11.1 Å². The monoisotopic (exact) mass is 340 g/mol. The molecule has 2 N–H and O–H groups in total. The Bertz CT molecular complexity index is 772. The lowest BCUT2D eigenvalue weighted by atomic mass is 10.2. The van der Waals surface area contributed by atoms with E-state index in [0.29, 0.717) is 11.5 Å². The molecule has 0 aliphatic carbocycles. The number of hydrogen-bond acceptors (Lipinski definition) is 4. The Morgan fingerprint density at radius 3 is 2.64 bits per heavy atom. The molecule has 25 heavy (non-hydrogen) atoms. The van der Waals surface area contributed by atoms with Crippen LogP contribution in [0.3, 0.4) is 0 Å². The van der Waals surface area contributed by atoms with Crippen LogP contribution in [0.4, 0.5) is 0 Å². The van der Waals surface area contributed by atoms with E-state index in [2.05, 4.69) is 10.9 Å². The lowest BCUT2D eigenvalue weighted by Gasteiger charge is -2.08. The molecule has 0 aliphatic rings. The molecule has 6 heteroatoms. The Kier molecular flexibility index (Phi) is 6.59. The summed E-state index contributed by atoms with van der Waals surface area (Å²) in [5, 5.41) is 0. The van der Waals surface area contributed by atoms with Crippen molar-refractivity contribution in [2.75, 3.05) is 13.7 Å². The maximum Gasteiger partial charge on any atom is 0.276 e. The SMILES string of the molecule is COc1ccccc1/C=C/C(=O)NNC(=O)COc1cccc(C)c1. The standard InChI is InChI=1S/C19H20N2O4/c1-14-6-5-8-16(12-14)25-13-19(23)21-20-18(22)11-10-15-7-3-4-9-17(15)24-2/h3-12H,13H2,1-2H3,(H,20,22)(H,21,23)/b11-10+. The zero-order chi connectivity index (χ0) is 18.1. The molecule has 0 fully saturated rings. The normalized spacial score (nSPS) is 10.3. The molecule has 0 saturated carbocycles. The molecule has 2 amide bonds. The van der Waals surface area contributed by atoms with E-state index >= 15 is 0 Å². The first-order valence-corrected chi connectivity index (χ1v) is 7.68. The first kappa shape index (κ1) is 18.1. The highest BCUT2D eigenvalue weighted by Gasteiger charge is 2.04. The van der Waals surface area contributed by atoms with Crippen molar-refractivity contribution < 1.29 is 19.1 Å². The molecule has 2 aromatic carbocycles. The number of methoxy groups -OCH3 is 1. The smallest absolute Gasteiger partial charge is 0.276 e. The molecule has 0 aromatic heterocycles. The molecular formula is C19H20N2O4. The highest BCUT2D eigenvalue weighted by atomic mass is 16.5. The van der Waals surface area contributed by atoms with Crippen molar-refractivity contribution in [1.82, 2.24) is 10.9 Å². The molecule has 0 bridgehead atoms. The van der Waals surface area contributed by atoms with Gasteiger partial charge in [-0.15, -0.1) is 0 Å². The van der Waals surface area contributed by atoms with Gasteiger partial charge in [0.1, 0.15) is 11.5 Å². The molecule has 0 aliphatic heterocycles. The van der Waals surface area contributed by atoms with Gasteiger partial charge >= 0.3 is 0 Å². The van der Waals surface area contributed by atoms with Crippen molar-refractivity contribution in [3.63, 3.8) is 0 Å². The van der Waals surface area contributed by atoms with Gasteiger partial charge in [-0.25, -0.2) is 0 Å². The third-order valence-electron chi connectivity index (χ3n) is 3.24. The lowest BCUT2D eigenvalue weighted by Crippen LogP contribution is -2.43. The first-order valence-electron chi connectivity index (χ1n) is 7.68. The van der Waals surface area contributed by atoms with Gasteiger partial charge in [0.2, 0.25) is 0 Å². The van der Waals surface area contributed by atoms with Crippen LogP contribution in [0, 0.1) is 6.92 Å². The zero-order valence-corrected chi connectivity index (χ0v) is 14.1. The fourth-order valence-corrected chi connectivity index (χ4v) is 2.03. The Hall–Kier alpha value is -3.28. The number of hydrazine groups is 1. The number of hydrogen-bond donors (Lipinski definition) is 2. The molecule has 0 saturated heterocycles. The maximum atomic E-state index is 11.7. The average Bonchev–Trinajstić information content (AvgIpc) is 2.63. The number of amides is 2. The second-order valence-corrected chi connectivity index (χ2v) is 5.22. The van der Waals surface area contributed by atoms with Gasteiger partial charge in [-0.1, -0.05) is 30.3 Å². The topological polar surface area (TPSA) is 76.7 Å². The number of para-hydroxylation sites is 1. The first-order chi connectivity index (χ1) is 12.1. The minimum absolute atomic E-state index is 0.194. The summed E-state index contributed by atoms with van der Waals surface area (Å²) in [6.07, 6.45) is 2.91. The predicted molar refractivity (Wildman–Crippen MR) is 95.0 cm³/mol. The van der Waals surface area contributed by atoms with Crippen molar-refractivity contribution in [2.45, 2.75) is 6.92 Å². The number of ether oxygens (including phenoxy) is 2. The van der Waals surface area contributed by atoms with Crippen molar-refractivity contribution in [3.05, 3.63) is 65.7 Å². The summed E-state index contributed by atoms with van der Waals surface area (Å²) in [4.78, 5) is 23.4. The van der Waals surface area contributed by atoms with Crippen molar-refractivity contribution >= 4 is 17.9 Å². The van der Waals surface area contributed by atoms with Crippen LogP contribution in [0.25, 0.3) is 6.08 Å². The van der Waals surface area contributed by atoms with Crippen LogP contribution in [0.15, 0.2) is 54.6 Å². The second kappa shape index (κ2) is 9.12. The fourth-order valence-electron chi connectivity index (χ4n) is 2.03. The summed E-state index contributed by atoms with van der Waals surface area (Å²) in [6.45, 7) is 1.74. The van der Waals surface area contributed by atoms with Crippen LogP contribution >= 0.6 is 0 Å². The average molecular weight is 340 g/mol. The molecular weight excluding hydrogens is 320 g/mol. The van der Waals surface area contributed by atoms with E-state index in [1.54, 1.807) is 25.3 Å². The number of carbonyl (C=O) groups is 2. The number of benzene rings is 2. The lowest BCUT2D eigenvalue weighted by molar-refractivity contribution is -0.128. The molecule has 0 spiro atoms. The van der Waals surface area contributed by atoms with E-state index in [4.69, 9.17) is 9.47 Å². The van der Waals surface area contributed by atoms with Gasteiger partial charge in [0.25, 0.3) is 11.8 Å². The largest absolute Gasteiger partial charge is 0.496 e. The van der Waals surface area contributed by atoms with Gasteiger partial charge in [-0.3, -0.25) is 20.4 Å². The highest BCUT2D eigenvalue weighted by molar-refractivity contribution is 5.93. The van der Waals surface area contributed by atoms with E-state index in [9.17, 15) is 9.59 Å². The Morgan fingerprint density at radius 1 is 1.08 bits per heavy atom. The molecule has 0 atom stereocenters. The summed E-state index contributed by atoms with van der Waals surface area (Å²) in [6, 6.07) is 14.6. The minimum Gasteiger partial charge on any atom is -0.496 e. The number of rotatable bonds is 6. The van der Waals surface area contributed by atoms with E-state index in [0.717, 1.165) is 11.1 Å². The van der Waals surface area contributed by atoms with Gasteiger partial charge in [-0.05, 0) is 36.8 Å². The molecule has 0 unspecified atom stereocenters. The third kappa shape index (κ3) is 6.02. The molecule has 2 rings (SSSR count). The summed E-state index contributed by atoms with van der Waals surface area (Å²) in [5.74, 6) is 0.329. The van der Waals surface area contributed by atoms with Crippen molar-refractivity contribution in [1.29, 1.82) is 0 Å². The van der Waals surface area contributed by atoms with E-state index in [1.807, 2.05) is 43.3 Å². The number of aryl methyl sites for hydroxylation is 1. The third-order valence-corrected chi connectivity index (χ3v) is 3.24. The fraction of sp³-hybridized carbons (Fsp3) is 0.158. The van der Waals surface area contributed by atoms with Crippen LogP contribution < -0.4 is 20.3 Å². The Balaban J connectivity index is 1.77. The van der Waals surface area contributed by atoms with Gasteiger partial charge in [0.15, 0.2) is 6.61 Å². The summed E-state index contributed by atoms with van der Waals surface area (Å²) in [7, 11) is 1.56. The van der Waals surface area contributed by atoms with E-state index in [-0.39, 0.29) is 6.61 Å². The number of nitrogens with one attached hydrogen (secondary N) is 2. The second-order valence-electron chi connectivity index (χ2n) is 5.22. The van der Waals surface area contributed by atoms with E-state index in [1.165, 1.54) is 6.08 Å². The van der Waals surface area contributed by atoms with Crippen LogP contribution in [0.2, 0.25) is 0 Å². The van der Waals surface area contributed by atoms with Crippen LogP contribution in [-0.4, -0.2) is 25.5 Å². The molecule has 0 radical (unpaired) electrons. The van der Waals surface area contributed by atoms with Crippen molar-refractivity contribution in [2.24, 2.45) is 0 Å². The maximum absolute atomic E-state index is 11.7. The predicted octanol–water partition coefficient (Wildman–Crippen LogP) is 2.24. The van der Waals surface area contributed by atoms with Crippen molar-refractivity contribution in [3.8, 4) is 11.5 Å². The summed E-state index contributed by atoms with van der Waals surface area (Å²) < 4.78 is 10.5. The Morgan fingerprint density at radius 2 is 1.88 bits per heavy atom.